The van der Waals surface area contributed by atoms with Gasteiger partial charge >= 0.3 is 6.09 Å². The molecule has 9 heteroatoms. The van der Waals surface area contributed by atoms with Crippen molar-refractivity contribution < 1.29 is 28.5 Å². The molecule has 0 aromatic heterocycles. The summed E-state index contributed by atoms with van der Waals surface area (Å²) in [5.74, 6) is 1.66. The lowest BCUT2D eigenvalue weighted by Crippen LogP contribution is -2.43. The van der Waals surface area contributed by atoms with Crippen LogP contribution in [0.15, 0.2) is 83.9 Å². The average molecular weight is 608 g/mol. The van der Waals surface area contributed by atoms with Gasteiger partial charge in [-0.2, -0.15) is 0 Å². The van der Waals surface area contributed by atoms with E-state index in [1.54, 1.807) is 26.1 Å². The Morgan fingerprint density at radius 3 is 2.53 bits per heavy atom. The molecule has 45 heavy (non-hydrogen) atoms. The number of aliphatic imine (C=N–C) groups is 1. The van der Waals surface area contributed by atoms with Crippen molar-refractivity contribution in [2.24, 2.45) is 10.9 Å². The SMILES string of the molecule is CNC(=O)c1cccc2cc(OC3c4cc(OC)c(OCC5(N(C)C(=O)OCc6ccccc6)CC5)cc4N=CC3C)ccc12. The van der Waals surface area contributed by atoms with E-state index in [2.05, 4.69) is 12.2 Å². The van der Waals surface area contributed by atoms with E-state index in [4.69, 9.17) is 23.9 Å². The van der Waals surface area contributed by atoms with E-state index < -0.39 is 5.54 Å². The van der Waals surface area contributed by atoms with Crippen molar-refractivity contribution >= 4 is 34.7 Å². The molecular weight excluding hydrogens is 570 g/mol. The first-order valence-corrected chi connectivity index (χ1v) is 15.1. The van der Waals surface area contributed by atoms with Crippen LogP contribution in [-0.2, 0) is 11.3 Å². The fraction of sp³-hybridized carbons (Fsp3) is 0.306. The Morgan fingerprint density at radius 2 is 1.80 bits per heavy atom. The Morgan fingerprint density at radius 1 is 1.00 bits per heavy atom. The molecule has 2 amide bonds. The highest BCUT2D eigenvalue weighted by molar-refractivity contribution is 6.07. The number of carbonyl (C=O) groups is 2. The monoisotopic (exact) mass is 607 g/mol. The van der Waals surface area contributed by atoms with Gasteiger partial charge < -0.3 is 29.2 Å². The molecule has 1 aliphatic heterocycles. The number of hydrogen-bond acceptors (Lipinski definition) is 7. The van der Waals surface area contributed by atoms with Crippen LogP contribution in [0.1, 0.15) is 47.4 Å². The number of rotatable bonds is 10. The normalized spacial score (nSPS) is 17.6. The zero-order valence-corrected chi connectivity index (χ0v) is 25.9. The van der Waals surface area contributed by atoms with Gasteiger partial charge in [-0.1, -0.05) is 49.4 Å². The molecule has 2 unspecified atom stereocenters. The summed E-state index contributed by atoms with van der Waals surface area (Å²) in [5, 5.41) is 4.47. The molecule has 0 radical (unpaired) electrons. The summed E-state index contributed by atoms with van der Waals surface area (Å²) < 4.78 is 24.2. The number of nitrogens with zero attached hydrogens (tertiary/aromatic N) is 2. The first-order chi connectivity index (χ1) is 21.8. The highest BCUT2D eigenvalue weighted by Crippen LogP contribution is 2.46. The van der Waals surface area contributed by atoms with E-state index in [0.29, 0.717) is 29.4 Å². The van der Waals surface area contributed by atoms with Crippen molar-refractivity contribution in [3.05, 3.63) is 95.6 Å². The quantitative estimate of drug-likeness (QED) is 0.212. The zero-order valence-electron chi connectivity index (χ0n) is 25.9. The van der Waals surface area contributed by atoms with Crippen molar-refractivity contribution in [1.82, 2.24) is 10.2 Å². The highest BCUT2D eigenvalue weighted by Gasteiger charge is 2.50. The number of fused-ring (bicyclic) bond motifs is 2. The Bertz CT molecular complexity index is 1750. The van der Waals surface area contributed by atoms with Crippen LogP contribution in [0.4, 0.5) is 10.5 Å². The second-order valence-electron chi connectivity index (χ2n) is 11.6. The Kier molecular flexibility index (Phi) is 8.34. The van der Waals surface area contributed by atoms with Gasteiger partial charge in [-0.25, -0.2) is 4.79 Å². The maximum Gasteiger partial charge on any atom is 0.410 e. The number of benzene rings is 4. The topological polar surface area (TPSA) is 98.7 Å². The van der Waals surface area contributed by atoms with Gasteiger partial charge in [-0.3, -0.25) is 9.79 Å². The molecule has 2 aliphatic rings. The number of hydrogen-bond donors (Lipinski definition) is 1. The van der Waals surface area contributed by atoms with E-state index in [1.807, 2.05) is 85.1 Å². The Labute approximate surface area is 262 Å². The minimum atomic E-state index is -0.439. The Hall–Kier alpha value is -5.05. The minimum Gasteiger partial charge on any atom is -0.493 e. The van der Waals surface area contributed by atoms with Crippen LogP contribution in [-0.4, -0.2) is 56.5 Å². The van der Waals surface area contributed by atoms with Crippen molar-refractivity contribution in [2.75, 3.05) is 27.8 Å². The van der Waals surface area contributed by atoms with Gasteiger partial charge in [0, 0.05) is 43.4 Å². The minimum absolute atomic E-state index is 0.00726. The van der Waals surface area contributed by atoms with Gasteiger partial charge in [-0.15, -0.1) is 0 Å². The van der Waals surface area contributed by atoms with Crippen LogP contribution in [0, 0.1) is 5.92 Å². The molecule has 2 atom stereocenters. The first kappa shape index (κ1) is 30.0. The number of likely N-dealkylation sites (N-methyl/N-ethyl adjacent to an activating group) is 1. The largest absolute Gasteiger partial charge is 0.493 e. The molecule has 1 N–H and O–H groups in total. The second kappa shape index (κ2) is 12.5. The van der Waals surface area contributed by atoms with Crippen LogP contribution >= 0.6 is 0 Å². The lowest BCUT2D eigenvalue weighted by atomic mass is 9.93. The molecule has 0 spiro atoms. The maximum atomic E-state index is 12.9. The number of ether oxygens (including phenoxy) is 4. The van der Waals surface area contributed by atoms with Crippen LogP contribution < -0.4 is 19.5 Å². The van der Waals surface area contributed by atoms with Crippen molar-refractivity contribution in [3.63, 3.8) is 0 Å². The van der Waals surface area contributed by atoms with E-state index in [-0.39, 0.29) is 30.6 Å². The lowest BCUT2D eigenvalue weighted by Gasteiger charge is -2.30. The van der Waals surface area contributed by atoms with E-state index in [9.17, 15) is 9.59 Å². The third-order valence-corrected chi connectivity index (χ3v) is 8.65. The van der Waals surface area contributed by atoms with Gasteiger partial charge in [0.2, 0.25) is 0 Å². The van der Waals surface area contributed by atoms with Gasteiger partial charge in [0.15, 0.2) is 11.5 Å². The van der Waals surface area contributed by atoms with Crippen molar-refractivity contribution in [1.29, 1.82) is 0 Å². The van der Waals surface area contributed by atoms with E-state index in [1.165, 1.54) is 0 Å². The third-order valence-electron chi connectivity index (χ3n) is 8.65. The summed E-state index contributed by atoms with van der Waals surface area (Å²) in [6.07, 6.45) is 2.82. The molecule has 1 heterocycles. The summed E-state index contributed by atoms with van der Waals surface area (Å²) in [6, 6.07) is 24.8. The summed E-state index contributed by atoms with van der Waals surface area (Å²) in [6.45, 7) is 2.58. The van der Waals surface area contributed by atoms with E-state index >= 15 is 0 Å². The molecule has 1 fully saturated rings. The van der Waals surface area contributed by atoms with Crippen molar-refractivity contribution in [2.45, 2.75) is 38.0 Å². The van der Waals surface area contributed by atoms with Gasteiger partial charge in [0.1, 0.15) is 25.1 Å². The maximum absolute atomic E-state index is 12.9. The van der Waals surface area contributed by atoms with Gasteiger partial charge in [0.25, 0.3) is 5.91 Å². The standard InChI is InChI=1S/C36H37N3O6/c1-23-20-38-30-19-32(44-22-36(15-16-36)39(3)35(41)43-21-24-9-6-5-7-10-24)31(42-4)18-29(30)33(23)45-26-13-14-27-25(17-26)11-8-12-28(27)34(40)37-2/h5-14,17-20,23,33H,15-16,21-22H2,1-4H3,(H,37,40). The molecule has 4 aromatic carbocycles. The second-order valence-corrected chi connectivity index (χ2v) is 11.6. The molecule has 0 bridgehead atoms. The van der Waals surface area contributed by atoms with Crippen LogP contribution in [0.5, 0.6) is 17.2 Å². The fourth-order valence-electron chi connectivity index (χ4n) is 5.66. The van der Waals surface area contributed by atoms with Crippen LogP contribution in [0.3, 0.4) is 0 Å². The summed E-state index contributed by atoms with van der Waals surface area (Å²) in [5.41, 5.74) is 2.73. The number of carbonyl (C=O) groups excluding carboxylic acids is 2. The molecule has 232 valence electrons. The first-order valence-electron chi connectivity index (χ1n) is 15.1. The predicted octanol–water partition coefficient (Wildman–Crippen LogP) is 6.86. The average Bonchev–Trinajstić information content (AvgIpc) is 3.87. The highest BCUT2D eigenvalue weighted by atomic mass is 16.6. The molecular formula is C36H37N3O6. The third kappa shape index (κ3) is 6.16. The van der Waals surface area contributed by atoms with Gasteiger partial charge in [0.05, 0.1) is 18.3 Å². The van der Waals surface area contributed by atoms with E-state index in [0.717, 1.165) is 40.4 Å². The lowest BCUT2D eigenvalue weighted by molar-refractivity contribution is 0.0722. The summed E-state index contributed by atoms with van der Waals surface area (Å²) >= 11 is 0. The number of amides is 2. The predicted molar refractivity (Wildman–Crippen MR) is 173 cm³/mol. The summed E-state index contributed by atoms with van der Waals surface area (Å²) in [7, 11) is 4.99. The number of nitrogens with one attached hydrogen (secondary N) is 1. The Balaban J connectivity index is 1.17. The molecule has 4 aromatic rings. The summed E-state index contributed by atoms with van der Waals surface area (Å²) in [4.78, 5) is 31.5. The smallest absolute Gasteiger partial charge is 0.410 e. The molecule has 6 rings (SSSR count). The molecule has 0 saturated heterocycles. The van der Waals surface area contributed by atoms with Crippen LogP contribution in [0.2, 0.25) is 0 Å². The number of methoxy groups -OCH3 is 1. The van der Waals surface area contributed by atoms with Crippen LogP contribution in [0.25, 0.3) is 10.8 Å². The fourth-order valence-corrected chi connectivity index (χ4v) is 5.66. The zero-order chi connectivity index (χ0) is 31.6. The van der Waals surface area contributed by atoms with Gasteiger partial charge in [-0.05, 0) is 59.5 Å². The molecule has 9 nitrogen and oxygen atoms in total. The van der Waals surface area contributed by atoms with Crippen molar-refractivity contribution in [3.8, 4) is 17.2 Å². The molecule has 1 aliphatic carbocycles. The molecule has 1 saturated carbocycles.